The number of phenols is 1. The van der Waals surface area contributed by atoms with Gasteiger partial charge in [0.05, 0.1) is 18.3 Å². The number of esters is 1. The summed E-state index contributed by atoms with van der Waals surface area (Å²) in [5.41, 5.74) is 0.160. The van der Waals surface area contributed by atoms with Gasteiger partial charge in [-0.05, 0) is 37.8 Å². The molecule has 0 amide bonds. The van der Waals surface area contributed by atoms with Gasteiger partial charge in [0, 0.05) is 12.8 Å². The van der Waals surface area contributed by atoms with E-state index in [4.69, 9.17) is 9.47 Å². The number of para-hydroxylation sites is 1. The number of aliphatic hydroxyl groups excluding tert-OH is 1. The van der Waals surface area contributed by atoms with Gasteiger partial charge in [0.2, 0.25) is 0 Å². The van der Waals surface area contributed by atoms with Crippen LogP contribution in [0.25, 0.3) is 0 Å². The second kappa shape index (κ2) is 10.3. The van der Waals surface area contributed by atoms with Crippen molar-refractivity contribution in [2.75, 3.05) is 0 Å². The smallest absolute Gasteiger partial charge is 0.342 e. The third kappa shape index (κ3) is 6.15. The predicted octanol–water partition coefficient (Wildman–Crippen LogP) is 3.98. The number of carbonyl (C=O) groups excluding carboxylic acids is 1. The maximum atomic E-state index is 12.4. The first-order chi connectivity index (χ1) is 12.5. The van der Waals surface area contributed by atoms with Gasteiger partial charge in [-0.3, -0.25) is 0 Å². The Kier molecular flexibility index (Phi) is 8.13. The van der Waals surface area contributed by atoms with Crippen LogP contribution in [0, 0.1) is 0 Å². The Morgan fingerprint density at radius 3 is 2.69 bits per heavy atom. The predicted molar refractivity (Wildman–Crippen MR) is 100 cm³/mol. The molecule has 0 saturated carbocycles. The molecule has 2 rings (SSSR count). The van der Waals surface area contributed by atoms with Crippen LogP contribution in [0.1, 0.15) is 62.7 Å². The highest BCUT2D eigenvalue weighted by atomic mass is 16.5. The molecule has 0 spiro atoms. The third-order valence-electron chi connectivity index (χ3n) is 4.63. The van der Waals surface area contributed by atoms with E-state index in [1.54, 1.807) is 18.2 Å². The largest absolute Gasteiger partial charge is 0.507 e. The van der Waals surface area contributed by atoms with Gasteiger partial charge in [0.25, 0.3) is 0 Å². The van der Waals surface area contributed by atoms with Gasteiger partial charge in [0.15, 0.2) is 0 Å². The highest BCUT2D eigenvalue weighted by molar-refractivity contribution is 5.92. The first-order valence-corrected chi connectivity index (χ1v) is 9.50. The number of carbonyl (C=O) groups is 1. The number of benzene rings is 1. The maximum absolute atomic E-state index is 12.4. The molecule has 1 aliphatic heterocycles. The number of phenolic OH excluding ortho intramolecular Hbond substituents is 1. The number of rotatable bonds is 8. The van der Waals surface area contributed by atoms with E-state index in [1.165, 1.54) is 6.07 Å². The molecule has 1 fully saturated rings. The first-order valence-electron chi connectivity index (χ1n) is 9.50. The molecule has 0 aliphatic carbocycles. The molecule has 1 heterocycles. The average Bonchev–Trinajstić information content (AvgIpc) is 2.61. The lowest BCUT2D eigenvalue weighted by Gasteiger charge is -2.34. The van der Waals surface area contributed by atoms with E-state index in [-0.39, 0.29) is 35.7 Å². The average molecular weight is 362 g/mol. The van der Waals surface area contributed by atoms with Gasteiger partial charge in [0.1, 0.15) is 17.4 Å². The highest BCUT2D eigenvalue weighted by Gasteiger charge is 2.30. The fraction of sp³-hybridized carbons (Fsp3) is 0.571. The van der Waals surface area contributed by atoms with Crippen molar-refractivity contribution in [3.63, 3.8) is 0 Å². The van der Waals surface area contributed by atoms with Crippen molar-refractivity contribution in [1.82, 2.24) is 0 Å². The monoisotopic (exact) mass is 362 g/mol. The lowest BCUT2D eigenvalue weighted by molar-refractivity contribution is -0.109. The zero-order valence-corrected chi connectivity index (χ0v) is 15.6. The van der Waals surface area contributed by atoms with Crippen LogP contribution in [0.4, 0.5) is 0 Å². The van der Waals surface area contributed by atoms with Gasteiger partial charge in [-0.25, -0.2) is 4.79 Å². The molecule has 0 aromatic heterocycles. The van der Waals surface area contributed by atoms with Crippen molar-refractivity contribution < 1.29 is 24.5 Å². The van der Waals surface area contributed by atoms with Crippen molar-refractivity contribution in [1.29, 1.82) is 0 Å². The van der Waals surface area contributed by atoms with Crippen molar-refractivity contribution in [2.24, 2.45) is 0 Å². The Labute approximate surface area is 155 Å². The summed E-state index contributed by atoms with van der Waals surface area (Å²) < 4.78 is 11.7. The quantitative estimate of drug-likeness (QED) is 0.540. The van der Waals surface area contributed by atoms with Crippen LogP contribution >= 0.6 is 0 Å². The minimum Gasteiger partial charge on any atom is -0.507 e. The van der Waals surface area contributed by atoms with Gasteiger partial charge in [-0.15, -0.1) is 0 Å². The first kappa shape index (κ1) is 20.5. The second-order valence-electron chi connectivity index (χ2n) is 6.81. The van der Waals surface area contributed by atoms with Gasteiger partial charge < -0.3 is 19.7 Å². The summed E-state index contributed by atoms with van der Waals surface area (Å²) in [6.07, 6.45) is 7.29. The summed E-state index contributed by atoms with van der Waals surface area (Å²) in [4.78, 5) is 12.4. The molecule has 5 heteroatoms. The van der Waals surface area contributed by atoms with E-state index in [1.807, 2.05) is 26.0 Å². The van der Waals surface area contributed by atoms with E-state index in [0.29, 0.717) is 25.7 Å². The molecule has 0 radical (unpaired) electrons. The number of hydrogen-bond donors (Lipinski definition) is 2. The molecule has 4 atom stereocenters. The fourth-order valence-electron chi connectivity index (χ4n) is 3.26. The van der Waals surface area contributed by atoms with Crippen LogP contribution in [-0.4, -0.2) is 40.6 Å². The normalized spacial score (nSPS) is 24.5. The summed E-state index contributed by atoms with van der Waals surface area (Å²) in [6.45, 7) is 4.09. The number of ether oxygens (including phenoxy) is 2. The Morgan fingerprint density at radius 1 is 1.27 bits per heavy atom. The Hall–Kier alpha value is -1.85. The summed E-state index contributed by atoms with van der Waals surface area (Å²) >= 11 is 0. The van der Waals surface area contributed by atoms with E-state index >= 15 is 0 Å². The van der Waals surface area contributed by atoms with Crippen molar-refractivity contribution in [3.8, 4) is 5.75 Å². The van der Waals surface area contributed by atoms with Crippen molar-refractivity contribution >= 4 is 5.97 Å². The zero-order valence-electron chi connectivity index (χ0n) is 15.6. The van der Waals surface area contributed by atoms with Crippen LogP contribution in [0.2, 0.25) is 0 Å². The minimum absolute atomic E-state index is 0.0458. The molecule has 2 N–H and O–H groups in total. The van der Waals surface area contributed by atoms with Gasteiger partial charge in [-0.2, -0.15) is 0 Å². The number of aromatic hydroxyl groups is 1. The molecule has 1 aliphatic rings. The van der Waals surface area contributed by atoms with Gasteiger partial charge in [-0.1, -0.05) is 38.1 Å². The maximum Gasteiger partial charge on any atom is 0.342 e. The van der Waals surface area contributed by atoms with Crippen molar-refractivity contribution in [2.45, 2.75) is 76.8 Å². The molecule has 3 unspecified atom stereocenters. The van der Waals surface area contributed by atoms with Crippen LogP contribution in [-0.2, 0) is 9.47 Å². The molecular weight excluding hydrogens is 332 g/mol. The Balaban J connectivity index is 2.04. The SMILES string of the molecule is CC/C=C/CC(C[C@H]1CC(O)CC(CC)O1)OC(=O)c1ccccc1O. The molecule has 1 saturated heterocycles. The molecular formula is C21H30O5. The topological polar surface area (TPSA) is 76.0 Å². The molecule has 144 valence electrons. The van der Waals surface area contributed by atoms with E-state index in [2.05, 4.69) is 0 Å². The lowest BCUT2D eigenvalue weighted by Crippen LogP contribution is -2.38. The second-order valence-corrected chi connectivity index (χ2v) is 6.81. The molecule has 1 aromatic rings. The summed E-state index contributed by atoms with van der Waals surface area (Å²) in [6, 6.07) is 6.37. The zero-order chi connectivity index (χ0) is 18.9. The summed E-state index contributed by atoms with van der Waals surface area (Å²) in [7, 11) is 0. The molecule has 1 aromatic carbocycles. The van der Waals surface area contributed by atoms with Crippen LogP contribution in [0.15, 0.2) is 36.4 Å². The summed E-state index contributed by atoms with van der Waals surface area (Å²) in [5, 5.41) is 19.9. The third-order valence-corrected chi connectivity index (χ3v) is 4.63. The van der Waals surface area contributed by atoms with Gasteiger partial charge >= 0.3 is 5.97 Å². The van der Waals surface area contributed by atoms with E-state index in [9.17, 15) is 15.0 Å². The van der Waals surface area contributed by atoms with Crippen LogP contribution in [0.5, 0.6) is 5.75 Å². The number of allylic oxidation sites excluding steroid dienone is 1. The number of hydrogen-bond acceptors (Lipinski definition) is 5. The highest BCUT2D eigenvalue weighted by Crippen LogP contribution is 2.27. The molecule has 0 bridgehead atoms. The molecule has 5 nitrogen and oxygen atoms in total. The van der Waals surface area contributed by atoms with Crippen LogP contribution in [0.3, 0.4) is 0 Å². The van der Waals surface area contributed by atoms with Crippen LogP contribution < -0.4 is 0 Å². The Bertz CT molecular complexity index is 598. The molecule has 26 heavy (non-hydrogen) atoms. The standard InChI is InChI=1S/C21H30O5/c1-3-5-6-9-17(14-18-13-15(22)12-16(4-2)25-18)26-21(24)19-10-7-8-11-20(19)23/h5-8,10-11,15-18,22-23H,3-4,9,12-14H2,1-2H3/b6-5+/t15?,16?,17?,18-/m1/s1. The Morgan fingerprint density at radius 2 is 2.00 bits per heavy atom. The fourth-order valence-corrected chi connectivity index (χ4v) is 3.26. The minimum atomic E-state index is -0.540. The van der Waals surface area contributed by atoms with E-state index < -0.39 is 5.97 Å². The van der Waals surface area contributed by atoms with E-state index in [0.717, 1.165) is 12.8 Å². The van der Waals surface area contributed by atoms with Crippen molar-refractivity contribution in [3.05, 3.63) is 42.0 Å². The lowest BCUT2D eigenvalue weighted by atomic mass is 9.95. The number of aliphatic hydroxyl groups is 1. The summed E-state index contributed by atoms with van der Waals surface area (Å²) in [5.74, 6) is -0.628.